The molecule has 8 rings (SSSR count). The van der Waals surface area contributed by atoms with Crippen molar-refractivity contribution in [2.24, 2.45) is 0 Å². The van der Waals surface area contributed by atoms with Crippen LogP contribution in [-0.4, -0.2) is 59.9 Å². The Morgan fingerprint density at radius 3 is 2.86 bits per heavy atom. The number of aromatic nitrogens is 6. The molecular weight excluding hydrogens is 464 g/mol. The van der Waals surface area contributed by atoms with Crippen molar-refractivity contribution in [1.82, 2.24) is 40.0 Å². The Morgan fingerprint density at radius 2 is 2.00 bits per heavy atom. The number of nitrogens with one attached hydrogen (secondary N) is 2. The van der Waals surface area contributed by atoms with Crippen molar-refractivity contribution in [3.8, 4) is 33.6 Å². The van der Waals surface area contributed by atoms with E-state index < -0.39 is 0 Å². The average Bonchev–Trinajstić information content (AvgIpc) is 3.76. The molecule has 37 heavy (non-hydrogen) atoms. The number of aromatic amines is 1. The molecule has 0 aliphatic carbocycles. The number of rotatable bonds is 5. The van der Waals surface area contributed by atoms with E-state index in [1.165, 1.54) is 6.42 Å². The van der Waals surface area contributed by atoms with Crippen LogP contribution in [0.25, 0.3) is 50.2 Å². The molecule has 0 unspecified atom stereocenters. The number of nitrogens with zero attached hydrogens (tertiary/aromatic N) is 6. The van der Waals surface area contributed by atoms with E-state index in [-0.39, 0.29) is 0 Å². The summed E-state index contributed by atoms with van der Waals surface area (Å²) in [5.74, 6) is 0.970. The van der Waals surface area contributed by atoms with Crippen molar-refractivity contribution in [2.45, 2.75) is 25.0 Å². The smallest absolute Gasteiger partial charge is 0.164 e. The van der Waals surface area contributed by atoms with E-state index in [9.17, 15) is 0 Å². The van der Waals surface area contributed by atoms with E-state index in [2.05, 4.69) is 37.5 Å². The highest BCUT2D eigenvalue weighted by molar-refractivity contribution is 6.02. The number of hydrogen-bond donors (Lipinski definition) is 2. The summed E-state index contributed by atoms with van der Waals surface area (Å²) in [6.45, 7) is 2.98. The van der Waals surface area contributed by atoms with E-state index in [0.29, 0.717) is 12.1 Å². The fraction of sp³-hybridized carbons (Fsp3) is 0.214. The van der Waals surface area contributed by atoms with Crippen LogP contribution in [0.1, 0.15) is 12.2 Å². The van der Waals surface area contributed by atoms with Crippen LogP contribution in [-0.2, 0) is 6.54 Å². The summed E-state index contributed by atoms with van der Waals surface area (Å²) in [7, 11) is 0. The number of fused-ring (bicyclic) bond motifs is 4. The molecule has 0 saturated carbocycles. The molecule has 2 bridgehead atoms. The number of hydrogen-bond acceptors (Lipinski definition) is 7. The fourth-order valence-electron chi connectivity index (χ4n) is 5.95. The summed E-state index contributed by atoms with van der Waals surface area (Å²) in [4.78, 5) is 11.5. The van der Waals surface area contributed by atoms with Crippen LogP contribution >= 0.6 is 0 Å². The second-order valence-electron chi connectivity index (χ2n) is 9.89. The van der Waals surface area contributed by atoms with Crippen molar-refractivity contribution >= 4 is 16.6 Å². The Labute approximate surface area is 212 Å². The van der Waals surface area contributed by atoms with Gasteiger partial charge in [0.2, 0.25) is 0 Å². The van der Waals surface area contributed by atoms with Gasteiger partial charge in [0, 0.05) is 60.3 Å². The van der Waals surface area contributed by atoms with E-state index in [0.717, 1.165) is 75.6 Å². The van der Waals surface area contributed by atoms with Gasteiger partial charge in [0.25, 0.3) is 0 Å². The Balaban J connectivity index is 1.28. The lowest BCUT2D eigenvalue weighted by Gasteiger charge is -2.26. The van der Waals surface area contributed by atoms with E-state index in [1.807, 2.05) is 53.5 Å². The normalized spacial score (nSPS) is 19.5. The zero-order valence-corrected chi connectivity index (χ0v) is 20.0. The first kappa shape index (κ1) is 20.8. The second kappa shape index (κ2) is 8.09. The van der Waals surface area contributed by atoms with Gasteiger partial charge in [-0.3, -0.25) is 15.0 Å². The second-order valence-corrected chi connectivity index (χ2v) is 9.89. The molecule has 0 radical (unpaired) electrons. The van der Waals surface area contributed by atoms with E-state index >= 15 is 0 Å². The molecule has 9 heteroatoms. The van der Waals surface area contributed by atoms with Crippen molar-refractivity contribution in [2.75, 3.05) is 13.1 Å². The average molecular weight is 489 g/mol. The maximum Gasteiger partial charge on any atom is 0.164 e. The molecule has 9 nitrogen and oxygen atoms in total. The molecular formula is C28H24N8O. The highest BCUT2D eigenvalue weighted by atomic mass is 16.3. The third kappa shape index (κ3) is 3.32. The van der Waals surface area contributed by atoms with E-state index in [1.54, 1.807) is 12.4 Å². The lowest BCUT2D eigenvalue weighted by molar-refractivity contribution is 0.202. The topological polar surface area (TPSA) is 100 Å². The quantitative estimate of drug-likeness (QED) is 0.376. The van der Waals surface area contributed by atoms with Crippen LogP contribution in [0.5, 0.6) is 0 Å². The summed E-state index contributed by atoms with van der Waals surface area (Å²) < 4.78 is 7.98. The molecule has 2 N–H and O–H groups in total. The van der Waals surface area contributed by atoms with Crippen LogP contribution < -0.4 is 5.32 Å². The van der Waals surface area contributed by atoms with Crippen molar-refractivity contribution in [1.29, 1.82) is 0 Å². The van der Waals surface area contributed by atoms with Gasteiger partial charge in [-0.15, -0.1) is 0 Å². The van der Waals surface area contributed by atoms with Gasteiger partial charge in [-0.2, -0.15) is 10.2 Å². The fourth-order valence-corrected chi connectivity index (χ4v) is 5.95. The van der Waals surface area contributed by atoms with Crippen molar-refractivity contribution < 1.29 is 4.42 Å². The maximum absolute atomic E-state index is 6.05. The molecule has 0 amide bonds. The van der Waals surface area contributed by atoms with Gasteiger partial charge in [-0.05, 0) is 42.3 Å². The van der Waals surface area contributed by atoms with Crippen LogP contribution in [0.3, 0.4) is 0 Å². The number of piperazine rings is 1. The summed E-state index contributed by atoms with van der Waals surface area (Å²) >= 11 is 0. The summed E-state index contributed by atoms with van der Waals surface area (Å²) in [6.07, 6.45) is 10.4. The van der Waals surface area contributed by atoms with Gasteiger partial charge in [0.15, 0.2) is 5.65 Å². The van der Waals surface area contributed by atoms with Gasteiger partial charge in [-0.1, -0.05) is 12.1 Å². The SMILES string of the molecule is c1cc(-c2c(-c3ccncc3)nn3c(-c4coc(CN5C[C@@H]6C[C@@H]5CN6)c4)ccnc23)c2cn[nH]c2c1. The summed E-state index contributed by atoms with van der Waals surface area (Å²) in [5.41, 5.74) is 7.50. The third-order valence-electron chi connectivity index (χ3n) is 7.70. The zero-order chi connectivity index (χ0) is 24.3. The van der Waals surface area contributed by atoms with Crippen LogP contribution in [0.15, 0.2) is 77.9 Å². The number of likely N-dealkylation sites (tertiary alicyclic amines) is 1. The van der Waals surface area contributed by atoms with Gasteiger partial charge in [0.1, 0.15) is 17.7 Å². The highest BCUT2D eigenvalue weighted by Crippen LogP contribution is 2.39. The van der Waals surface area contributed by atoms with Crippen LogP contribution in [0, 0.1) is 0 Å². The monoisotopic (exact) mass is 488 g/mol. The molecule has 2 saturated heterocycles. The third-order valence-corrected chi connectivity index (χ3v) is 7.70. The standard InChI is InChI=1S/C28H24N8O/c1-2-22(23-13-32-33-24(23)3-1)26-27(17-4-7-29-8-5-17)34-36-25(6-9-30-28(26)36)18-10-21(37-16-18)15-35-14-19-11-20(35)12-31-19/h1-10,13,16,19-20,31H,11-12,14-15H2,(H,32,33)/t19-,20+/m0/s1. The lowest BCUT2D eigenvalue weighted by atomic mass is 9.99. The molecule has 1 aromatic carbocycles. The minimum Gasteiger partial charge on any atom is -0.467 e. The molecule has 2 fully saturated rings. The van der Waals surface area contributed by atoms with E-state index in [4.69, 9.17) is 14.5 Å². The first-order valence-corrected chi connectivity index (χ1v) is 12.6. The summed E-state index contributed by atoms with van der Waals surface area (Å²) in [6, 6.07) is 15.5. The minimum absolute atomic E-state index is 0.605. The van der Waals surface area contributed by atoms with Crippen LogP contribution in [0.2, 0.25) is 0 Å². The predicted molar refractivity (Wildman–Crippen MR) is 140 cm³/mol. The number of pyridine rings is 1. The van der Waals surface area contributed by atoms with Gasteiger partial charge < -0.3 is 9.73 Å². The van der Waals surface area contributed by atoms with Crippen molar-refractivity contribution in [3.63, 3.8) is 0 Å². The maximum atomic E-state index is 6.05. The largest absolute Gasteiger partial charge is 0.467 e. The Morgan fingerprint density at radius 1 is 1.05 bits per heavy atom. The van der Waals surface area contributed by atoms with Gasteiger partial charge in [-0.25, -0.2) is 9.50 Å². The molecule has 2 aliphatic rings. The Bertz CT molecular complexity index is 1750. The predicted octanol–water partition coefficient (Wildman–Crippen LogP) is 4.14. The Kier molecular flexibility index (Phi) is 4.55. The number of benzene rings is 1. The summed E-state index contributed by atoms with van der Waals surface area (Å²) in [5, 5.41) is 17.1. The molecule has 6 aromatic rings. The molecule has 182 valence electrons. The molecule has 2 atom stereocenters. The minimum atomic E-state index is 0.605. The first-order valence-electron chi connectivity index (χ1n) is 12.6. The Hall–Kier alpha value is -4.34. The highest BCUT2D eigenvalue weighted by Gasteiger charge is 2.37. The first-order chi connectivity index (χ1) is 18.3. The van der Waals surface area contributed by atoms with Gasteiger partial charge >= 0.3 is 0 Å². The zero-order valence-electron chi connectivity index (χ0n) is 20.0. The van der Waals surface area contributed by atoms with Crippen LogP contribution in [0.4, 0.5) is 0 Å². The molecule has 7 heterocycles. The number of furan rings is 1. The molecule has 0 spiro atoms. The number of H-pyrrole nitrogens is 1. The van der Waals surface area contributed by atoms with Gasteiger partial charge in [0.05, 0.1) is 29.5 Å². The molecule has 5 aromatic heterocycles. The lowest BCUT2D eigenvalue weighted by Crippen LogP contribution is -2.42. The molecule has 2 aliphatic heterocycles. The van der Waals surface area contributed by atoms with Crippen molar-refractivity contribution in [3.05, 3.63) is 79.3 Å².